The SMILES string of the molecule is CC(C)C(C)N(C)C1CCc2ccccc2C1N. The van der Waals surface area contributed by atoms with Crippen molar-refractivity contribution in [3.05, 3.63) is 35.4 Å². The molecule has 100 valence electrons. The van der Waals surface area contributed by atoms with Crippen molar-refractivity contribution in [3.63, 3.8) is 0 Å². The van der Waals surface area contributed by atoms with Gasteiger partial charge in [0.25, 0.3) is 0 Å². The lowest BCUT2D eigenvalue weighted by atomic mass is 9.83. The highest BCUT2D eigenvalue weighted by atomic mass is 15.2. The van der Waals surface area contributed by atoms with E-state index in [0.29, 0.717) is 18.0 Å². The molecule has 0 amide bonds. The van der Waals surface area contributed by atoms with E-state index in [1.165, 1.54) is 17.5 Å². The average Bonchev–Trinajstić information content (AvgIpc) is 2.37. The van der Waals surface area contributed by atoms with E-state index >= 15 is 0 Å². The van der Waals surface area contributed by atoms with E-state index in [2.05, 4.69) is 57.0 Å². The van der Waals surface area contributed by atoms with Crippen LogP contribution in [0.3, 0.4) is 0 Å². The van der Waals surface area contributed by atoms with Crippen molar-refractivity contribution in [2.24, 2.45) is 11.7 Å². The van der Waals surface area contributed by atoms with E-state index in [-0.39, 0.29) is 6.04 Å². The maximum absolute atomic E-state index is 6.49. The van der Waals surface area contributed by atoms with Crippen LogP contribution in [-0.2, 0) is 6.42 Å². The standard InChI is InChI=1S/C16H26N2/c1-11(2)12(3)18(4)15-10-9-13-7-5-6-8-14(13)16(15)17/h5-8,11-12,15-16H,9-10,17H2,1-4H3. The fraction of sp³-hybridized carbons (Fsp3) is 0.625. The molecule has 18 heavy (non-hydrogen) atoms. The topological polar surface area (TPSA) is 29.3 Å². The van der Waals surface area contributed by atoms with Gasteiger partial charge in [0.15, 0.2) is 0 Å². The summed E-state index contributed by atoms with van der Waals surface area (Å²) in [6, 6.07) is 9.83. The van der Waals surface area contributed by atoms with Crippen molar-refractivity contribution < 1.29 is 0 Å². The summed E-state index contributed by atoms with van der Waals surface area (Å²) >= 11 is 0. The molecule has 0 heterocycles. The van der Waals surface area contributed by atoms with Crippen LogP contribution in [0, 0.1) is 5.92 Å². The van der Waals surface area contributed by atoms with E-state index in [9.17, 15) is 0 Å². The minimum absolute atomic E-state index is 0.154. The summed E-state index contributed by atoms with van der Waals surface area (Å²) in [7, 11) is 2.23. The number of likely N-dealkylation sites (N-methyl/N-ethyl adjacent to an activating group) is 1. The molecule has 0 radical (unpaired) electrons. The van der Waals surface area contributed by atoms with Crippen LogP contribution in [0.15, 0.2) is 24.3 Å². The summed E-state index contributed by atoms with van der Waals surface area (Å²) in [5.74, 6) is 0.666. The number of nitrogens with zero attached hydrogens (tertiary/aromatic N) is 1. The smallest absolute Gasteiger partial charge is 0.0455 e. The second kappa shape index (κ2) is 5.41. The summed E-state index contributed by atoms with van der Waals surface area (Å²) < 4.78 is 0. The molecule has 1 aliphatic rings. The second-order valence-electron chi connectivity index (χ2n) is 5.98. The first kappa shape index (κ1) is 13.6. The number of benzene rings is 1. The van der Waals surface area contributed by atoms with Crippen molar-refractivity contribution in [1.29, 1.82) is 0 Å². The first-order chi connectivity index (χ1) is 8.52. The Balaban J connectivity index is 2.18. The Kier molecular flexibility index (Phi) is 4.08. The van der Waals surface area contributed by atoms with Crippen LogP contribution in [0.1, 0.15) is 44.4 Å². The number of rotatable bonds is 3. The molecule has 2 N–H and O–H groups in total. The third-order valence-corrected chi connectivity index (χ3v) is 4.67. The number of nitrogens with two attached hydrogens (primary N) is 1. The van der Waals surface area contributed by atoms with Gasteiger partial charge in [-0.3, -0.25) is 4.90 Å². The van der Waals surface area contributed by atoms with Crippen LogP contribution in [0.25, 0.3) is 0 Å². The first-order valence-electron chi connectivity index (χ1n) is 7.07. The normalized spacial score (nSPS) is 25.3. The Labute approximate surface area is 111 Å². The summed E-state index contributed by atoms with van der Waals surface area (Å²) in [6.07, 6.45) is 2.33. The highest BCUT2D eigenvalue weighted by Gasteiger charge is 2.31. The fourth-order valence-electron chi connectivity index (χ4n) is 3.01. The van der Waals surface area contributed by atoms with E-state index in [4.69, 9.17) is 5.73 Å². The largest absolute Gasteiger partial charge is 0.323 e. The van der Waals surface area contributed by atoms with Gasteiger partial charge >= 0.3 is 0 Å². The molecule has 1 aliphatic carbocycles. The summed E-state index contributed by atoms with van der Waals surface area (Å²) in [6.45, 7) is 6.87. The van der Waals surface area contributed by atoms with Gasteiger partial charge in [-0.2, -0.15) is 0 Å². The minimum atomic E-state index is 0.154. The zero-order valence-corrected chi connectivity index (χ0v) is 12.1. The van der Waals surface area contributed by atoms with Crippen molar-refractivity contribution in [3.8, 4) is 0 Å². The number of aryl methyl sites for hydroxylation is 1. The van der Waals surface area contributed by atoms with Crippen molar-refractivity contribution in [1.82, 2.24) is 4.90 Å². The van der Waals surface area contributed by atoms with Crippen LogP contribution < -0.4 is 5.73 Å². The highest BCUT2D eigenvalue weighted by molar-refractivity contribution is 5.33. The minimum Gasteiger partial charge on any atom is -0.323 e. The van der Waals surface area contributed by atoms with Gasteiger partial charge in [0.05, 0.1) is 0 Å². The highest BCUT2D eigenvalue weighted by Crippen LogP contribution is 2.32. The van der Waals surface area contributed by atoms with E-state index < -0.39 is 0 Å². The van der Waals surface area contributed by atoms with Gasteiger partial charge in [-0.25, -0.2) is 0 Å². The molecule has 0 aromatic heterocycles. The average molecular weight is 246 g/mol. The first-order valence-corrected chi connectivity index (χ1v) is 7.07. The lowest BCUT2D eigenvalue weighted by Crippen LogP contribution is -2.48. The van der Waals surface area contributed by atoms with Gasteiger partial charge in [-0.1, -0.05) is 38.1 Å². The van der Waals surface area contributed by atoms with Gasteiger partial charge in [-0.05, 0) is 43.9 Å². The molecule has 0 saturated heterocycles. The van der Waals surface area contributed by atoms with E-state index in [0.717, 1.165) is 6.42 Å². The number of hydrogen-bond acceptors (Lipinski definition) is 2. The summed E-state index contributed by atoms with van der Waals surface area (Å²) in [5.41, 5.74) is 9.27. The monoisotopic (exact) mass is 246 g/mol. The Morgan fingerprint density at radius 2 is 1.89 bits per heavy atom. The van der Waals surface area contributed by atoms with Crippen LogP contribution in [-0.4, -0.2) is 24.0 Å². The van der Waals surface area contributed by atoms with Gasteiger partial charge in [0.2, 0.25) is 0 Å². The molecule has 1 aromatic carbocycles. The maximum Gasteiger partial charge on any atom is 0.0455 e. The van der Waals surface area contributed by atoms with Crippen molar-refractivity contribution in [2.75, 3.05) is 7.05 Å². The predicted octanol–water partition coefficient (Wildman–Crippen LogP) is 2.98. The van der Waals surface area contributed by atoms with E-state index in [1.54, 1.807) is 0 Å². The zero-order valence-electron chi connectivity index (χ0n) is 12.1. The van der Waals surface area contributed by atoms with Crippen LogP contribution >= 0.6 is 0 Å². The van der Waals surface area contributed by atoms with Gasteiger partial charge in [0, 0.05) is 18.1 Å². The molecular formula is C16H26N2. The maximum atomic E-state index is 6.49. The summed E-state index contributed by atoms with van der Waals surface area (Å²) in [4.78, 5) is 2.48. The van der Waals surface area contributed by atoms with Crippen LogP contribution in [0.4, 0.5) is 0 Å². The quantitative estimate of drug-likeness (QED) is 0.888. The fourth-order valence-corrected chi connectivity index (χ4v) is 3.01. The molecule has 3 unspecified atom stereocenters. The molecule has 3 atom stereocenters. The molecule has 2 heteroatoms. The molecule has 2 rings (SSSR count). The molecular weight excluding hydrogens is 220 g/mol. The molecule has 0 bridgehead atoms. The second-order valence-corrected chi connectivity index (χ2v) is 5.98. The third-order valence-electron chi connectivity index (χ3n) is 4.67. The molecule has 0 saturated carbocycles. The number of fused-ring (bicyclic) bond motifs is 1. The van der Waals surface area contributed by atoms with Crippen molar-refractivity contribution in [2.45, 2.75) is 51.7 Å². The molecule has 0 spiro atoms. The predicted molar refractivity (Wildman–Crippen MR) is 77.5 cm³/mol. The van der Waals surface area contributed by atoms with Crippen molar-refractivity contribution >= 4 is 0 Å². The lowest BCUT2D eigenvalue weighted by Gasteiger charge is -2.41. The van der Waals surface area contributed by atoms with Gasteiger partial charge in [0.1, 0.15) is 0 Å². The molecule has 1 aromatic rings. The van der Waals surface area contributed by atoms with Gasteiger partial charge in [-0.15, -0.1) is 0 Å². The Hall–Kier alpha value is -0.860. The van der Waals surface area contributed by atoms with Crippen LogP contribution in [0.5, 0.6) is 0 Å². The third kappa shape index (κ3) is 2.45. The summed E-state index contributed by atoms with van der Waals surface area (Å²) in [5, 5.41) is 0. The zero-order chi connectivity index (χ0) is 13.3. The Morgan fingerprint density at radius 1 is 1.22 bits per heavy atom. The van der Waals surface area contributed by atoms with Crippen LogP contribution in [0.2, 0.25) is 0 Å². The molecule has 0 aliphatic heterocycles. The molecule has 0 fully saturated rings. The molecule has 2 nitrogen and oxygen atoms in total. The van der Waals surface area contributed by atoms with Gasteiger partial charge < -0.3 is 5.73 Å². The Morgan fingerprint density at radius 3 is 2.56 bits per heavy atom. The van der Waals surface area contributed by atoms with E-state index in [1.807, 2.05) is 0 Å². The number of hydrogen-bond donors (Lipinski definition) is 1. The Bertz CT molecular complexity index is 400. The lowest BCUT2D eigenvalue weighted by molar-refractivity contribution is 0.117.